The molecule has 5 nitrogen and oxygen atoms in total. The van der Waals surface area contributed by atoms with E-state index in [2.05, 4.69) is 10.9 Å². The minimum absolute atomic E-state index is 0.326. The highest BCUT2D eigenvalue weighted by molar-refractivity contribution is 5.50. The molecule has 0 amide bonds. The van der Waals surface area contributed by atoms with Crippen LogP contribution < -0.4 is 10.9 Å². The Kier molecular flexibility index (Phi) is 2.94. The summed E-state index contributed by atoms with van der Waals surface area (Å²) in [5.74, 6) is -1.14. The van der Waals surface area contributed by atoms with Gasteiger partial charge < -0.3 is 15.3 Å². The van der Waals surface area contributed by atoms with E-state index in [1.165, 1.54) is 12.1 Å². The summed E-state index contributed by atoms with van der Waals surface area (Å²) in [6.07, 6.45) is 0. The number of phenolic OH excluding ortho intramolecular Hbond substituents is 3. The van der Waals surface area contributed by atoms with E-state index in [0.717, 1.165) is 0 Å². The van der Waals surface area contributed by atoms with Gasteiger partial charge in [0.05, 0.1) is 0 Å². The summed E-state index contributed by atoms with van der Waals surface area (Å²) in [6, 6.07) is 2.75. The molecular formula is C8H12N2O3. The lowest BCUT2D eigenvalue weighted by atomic mass is 10.2. The topological polar surface area (TPSA) is 84.8 Å². The molecule has 72 valence electrons. The second kappa shape index (κ2) is 3.97. The van der Waals surface area contributed by atoms with Gasteiger partial charge in [-0.25, -0.2) is 0 Å². The third-order valence-electron chi connectivity index (χ3n) is 1.60. The molecule has 1 aromatic carbocycles. The quantitative estimate of drug-likeness (QED) is 0.338. The Morgan fingerprint density at radius 2 is 1.69 bits per heavy atom. The maximum Gasteiger partial charge on any atom is 0.200 e. The first kappa shape index (κ1) is 9.63. The molecule has 0 fully saturated rings. The molecule has 0 saturated carbocycles. The first-order valence-electron chi connectivity index (χ1n) is 3.78. The fourth-order valence-electron chi connectivity index (χ4n) is 0.953. The third-order valence-corrected chi connectivity index (χ3v) is 1.60. The van der Waals surface area contributed by atoms with Crippen molar-refractivity contribution in [1.29, 1.82) is 0 Å². The van der Waals surface area contributed by atoms with Crippen LogP contribution in [-0.2, 0) is 6.54 Å². The predicted octanol–water partition coefficient (Wildman–Crippen LogP) is 0.0274. The second-order valence-electron chi connectivity index (χ2n) is 2.59. The average molecular weight is 184 g/mol. The third kappa shape index (κ3) is 2.24. The van der Waals surface area contributed by atoms with Crippen LogP contribution in [0.1, 0.15) is 5.56 Å². The molecule has 1 aromatic rings. The van der Waals surface area contributed by atoms with Gasteiger partial charge in [0.2, 0.25) is 0 Å². The number of hydrazine groups is 1. The van der Waals surface area contributed by atoms with Crippen molar-refractivity contribution in [2.24, 2.45) is 0 Å². The second-order valence-corrected chi connectivity index (χ2v) is 2.59. The van der Waals surface area contributed by atoms with Gasteiger partial charge in [0.25, 0.3) is 0 Å². The molecule has 0 aromatic heterocycles. The van der Waals surface area contributed by atoms with Crippen LogP contribution >= 0.6 is 0 Å². The summed E-state index contributed by atoms with van der Waals surface area (Å²) >= 11 is 0. The van der Waals surface area contributed by atoms with Crippen LogP contribution in [0.3, 0.4) is 0 Å². The van der Waals surface area contributed by atoms with Crippen LogP contribution in [0.5, 0.6) is 17.2 Å². The Bertz CT molecular complexity index is 278. The lowest BCUT2D eigenvalue weighted by Gasteiger charge is -2.06. The van der Waals surface area contributed by atoms with Crippen LogP contribution in [-0.4, -0.2) is 22.4 Å². The van der Waals surface area contributed by atoms with Gasteiger partial charge in [0.1, 0.15) is 0 Å². The summed E-state index contributed by atoms with van der Waals surface area (Å²) in [4.78, 5) is 0. The van der Waals surface area contributed by atoms with E-state index in [1.54, 1.807) is 7.05 Å². The minimum Gasteiger partial charge on any atom is -0.504 e. The smallest absolute Gasteiger partial charge is 0.200 e. The summed E-state index contributed by atoms with van der Waals surface area (Å²) in [5.41, 5.74) is 6.15. The van der Waals surface area contributed by atoms with Crippen molar-refractivity contribution in [2.45, 2.75) is 6.54 Å². The Balaban J connectivity index is 2.86. The molecule has 13 heavy (non-hydrogen) atoms. The minimum atomic E-state index is -0.492. The zero-order valence-electron chi connectivity index (χ0n) is 7.20. The molecule has 0 spiro atoms. The summed E-state index contributed by atoms with van der Waals surface area (Å²) in [6.45, 7) is 0.442. The van der Waals surface area contributed by atoms with Crippen molar-refractivity contribution in [3.05, 3.63) is 17.7 Å². The molecule has 0 atom stereocenters. The molecule has 5 N–H and O–H groups in total. The zero-order valence-corrected chi connectivity index (χ0v) is 7.20. The number of hydrogen-bond acceptors (Lipinski definition) is 5. The van der Waals surface area contributed by atoms with Gasteiger partial charge >= 0.3 is 0 Å². The average Bonchev–Trinajstić information content (AvgIpc) is 2.10. The van der Waals surface area contributed by atoms with Crippen molar-refractivity contribution in [1.82, 2.24) is 10.9 Å². The highest BCUT2D eigenvalue weighted by Gasteiger charge is 2.06. The van der Waals surface area contributed by atoms with E-state index in [4.69, 9.17) is 15.3 Å². The van der Waals surface area contributed by atoms with Gasteiger partial charge in [0.15, 0.2) is 17.2 Å². The monoisotopic (exact) mass is 184 g/mol. The van der Waals surface area contributed by atoms with Gasteiger partial charge in [-0.2, -0.15) is 0 Å². The van der Waals surface area contributed by atoms with Gasteiger partial charge in [-0.15, -0.1) is 0 Å². The Labute approximate surface area is 75.6 Å². The molecule has 0 aliphatic carbocycles. The lowest BCUT2D eigenvalue weighted by molar-refractivity contribution is 0.366. The van der Waals surface area contributed by atoms with Crippen LogP contribution in [0.4, 0.5) is 0 Å². The first-order valence-corrected chi connectivity index (χ1v) is 3.78. The Morgan fingerprint density at radius 3 is 2.15 bits per heavy atom. The van der Waals surface area contributed by atoms with Gasteiger partial charge in [-0.05, 0) is 24.7 Å². The highest BCUT2D eigenvalue weighted by atomic mass is 16.3. The van der Waals surface area contributed by atoms with Crippen LogP contribution in [0.2, 0.25) is 0 Å². The van der Waals surface area contributed by atoms with E-state index in [1.807, 2.05) is 0 Å². The maximum absolute atomic E-state index is 9.12. The lowest BCUT2D eigenvalue weighted by Crippen LogP contribution is -2.26. The van der Waals surface area contributed by atoms with Crippen molar-refractivity contribution in [2.75, 3.05) is 7.05 Å². The zero-order chi connectivity index (χ0) is 9.84. The van der Waals surface area contributed by atoms with E-state index in [-0.39, 0.29) is 11.5 Å². The molecule has 0 aliphatic heterocycles. The molecule has 0 heterocycles. The van der Waals surface area contributed by atoms with Crippen molar-refractivity contribution in [3.63, 3.8) is 0 Å². The SMILES string of the molecule is CNNCc1cc(O)c(O)c(O)c1. The Hall–Kier alpha value is -1.46. The van der Waals surface area contributed by atoms with Crippen molar-refractivity contribution >= 4 is 0 Å². The summed E-state index contributed by atoms with van der Waals surface area (Å²) in [7, 11) is 1.71. The fourth-order valence-corrected chi connectivity index (χ4v) is 0.953. The molecular weight excluding hydrogens is 172 g/mol. The standard InChI is InChI=1S/C8H12N2O3/c1-9-10-4-5-2-6(11)8(13)7(12)3-5/h2-3,9-13H,4H2,1H3. The molecule has 5 heteroatoms. The van der Waals surface area contributed by atoms with Crippen LogP contribution in [0, 0.1) is 0 Å². The predicted molar refractivity (Wildman–Crippen MR) is 47.3 cm³/mol. The molecule has 0 unspecified atom stereocenters. The first-order chi connectivity index (χ1) is 6.15. The van der Waals surface area contributed by atoms with E-state index in [9.17, 15) is 0 Å². The molecule has 0 aliphatic rings. The molecule has 0 radical (unpaired) electrons. The molecule has 0 bridgehead atoms. The molecule has 0 saturated heterocycles. The van der Waals surface area contributed by atoms with E-state index >= 15 is 0 Å². The summed E-state index contributed by atoms with van der Waals surface area (Å²) in [5, 5.41) is 27.3. The summed E-state index contributed by atoms with van der Waals surface area (Å²) < 4.78 is 0. The highest BCUT2D eigenvalue weighted by Crippen LogP contribution is 2.35. The molecule has 1 rings (SSSR count). The van der Waals surface area contributed by atoms with Crippen molar-refractivity contribution < 1.29 is 15.3 Å². The van der Waals surface area contributed by atoms with E-state index < -0.39 is 5.75 Å². The van der Waals surface area contributed by atoms with Crippen LogP contribution in [0.15, 0.2) is 12.1 Å². The number of rotatable bonds is 3. The largest absolute Gasteiger partial charge is 0.504 e. The van der Waals surface area contributed by atoms with Crippen molar-refractivity contribution in [3.8, 4) is 17.2 Å². The number of phenols is 3. The normalized spacial score (nSPS) is 10.2. The van der Waals surface area contributed by atoms with Gasteiger partial charge in [-0.3, -0.25) is 10.9 Å². The van der Waals surface area contributed by atoms with Crippen LogP contribution in [0.25, 0.3) is 0 Å². The fraction of sp³-hybridized carbons (Fsp3) is 0.250. The van der Waals surface area contributed by atoms with Gasteiger partial charge in [0, 0.05) is 6.54 Å². The van der Waals surface area contributed by atoms with E-state index in [0.29, 0.717) is 12.1 Å². The number of benzene rings is 1. The number of aromatic hydroxyl groups is 3. The number of hydrogen-bond donors (Lipinski definition) is 5. The Morgan fingerprint density at radius 1 is 1.15 bits per heavy atom. The van der Waals surface area contributed by atoms with Gasteiger partial charge in [-0.1, -0.05) is 0 Å². The number of nitrogens with one attached hydrogen (secondary N) is 2. The maximum atomic E-state index is 9.12.